The second-order valence-electron chi connectivity index (χ2n) is 5.15. The topological polar surface area (TPSA) is 64.3 Å². The van der Waals surface area contributed by atoms with Crippen molar-refractivity contribution in [2.45, 2.75) is 38.7 Å². The lowest BCUT2D eigenvalue weighted by Crippen LogP contribution is -2.30. The maximum Gasteiger partial charge on any atom is 0.265 e. The number of benzene rings is 1. The van der Waals surface area contributed by atoms with Gasteiger partial charge in [-0.3, -0.25) is 10.2 Å². The van der Waals surface area contributed by atoms with Gasteiger partial charge < -0.3 is 4.74 Å². The number of nitrogens with one attached hydrogen (secondary N) is 1. The van der Waals surface area contributed by atoms with Crippen molar-refractivity contribution in [3.8, 4) is 0 Å². The average Bonchev–Trinajstić information content (AvgIpc) is 2.48. The fourth-order valence-electron chi connectivity index (χ4n) is 2.63. The molecule has 4 heteroatoms. The van der Waals surface area contributed by atoms with Gasteiger partial charge in [0.05, 0.1) is 6.61 Å². The third kappa shape index (κ3) is 4.04. The highest BCUT2D eigenvalue weighted by Crippen LogP contribution is 2.24. The Morgan fingerprint density at radius 1 is 1.26 bits per heavy atom. The molecular formula is C15H22N2O2. The third-order valence-electron chi connectivity index (χ3n) is 3.73. The van der Waals surface area contributed by atoms with E-state index in [1.54, 1.807) is 6.07 Å². The lowest BCUT2D eigenvalue weighted by Gasteiger charge is -2.21. The summed E-state index contributed by atoms with van der Waals surface area (Å²) in [6, 6.07) is 7.41. The minimum Gasteiger partial charge on any atom is -0.376 e. The number of hydrazine groups is 1. The summed E-state index contributed by atoms with van der Waals surface area (Å²) in [5.41, 5.74) is 3.65. The first-order chi connectivity index (χ1) is 9.31. The van der Waals surface area contributed by atoms with Crippen LogP contribution < -0.4 is 11.3 Å². The maximum absolute atomic E-state index is 11.6. The molecule has 1 aliphatic rings. The Hall–Kier alpha value is -1.39. The first kappa shape index (κ1) is 14.0. The Morgan fingerprint density at radius 2 is 2.00 bits per heavy atom. The van der Waals surface area contributed by atoms with Crippen LogP contribution in [0.3, 0.4) is 0 Å². The van der Waals surface area contributed by atoms with Gasteiger partial charge >= 0.3 is 0 Å². The molecular weight excluding hydrogens is 240 g/mol. The highest BCUT2D eigenvalue weighted by atomic mass is 16.5. The second kappa shape index (κ2) is 7.26. The molecule has 0 aliphatic heterocycles. The zero-order valence-corrected chi connectivity index (χ0v) is 11.2. The van der Waals surface area contributed by atoms with Crippen molar-refractivity contribution in [3.05, 3.63) is 35.4 Å². The molecule has 0 unspecified atom stereocenters. The molecule has 1 amide bonds. The first-order valence-corrected chi connectivity index (χ1v) is 6.98. The van der Waals surface area contributed by atoms with Gasteiger partial charge in [-0.05, 0) is 30.4 Å². The van der Waals surface area contributed by atoms with Gasteiger partial charge in [-0.1, -0.05) is 37.5 Å². The van der Waals surface area contributed by atoms with Crippen molar-refractivity contribution in [1.29, 1.82) is 0 Å². The molecule has 4 nitrogen and oxygen atoms in total. The standard InChI is InChI=1S/C15H22N2O2/c16-17-15(18)14-9-5-4-8-13(14)11-19-10-12-6-2-1-3-7-12/h4-5,8-9,12H,1-3,6-7,10-11,16H2,(H,17,18). The molecule has 0 radical (unpaired) electrons. The molecule has 104 valence electrons. The Labute approximate surface area is 114 Å². The van der Waals surface area contributed by atoms with E-state index in [1.807, 2.05) is 18.2 Å². The number of ether oxygens (including phenoxy) is 1. The monoisotopic (exact) mass is 262 g/mol. The van der Waals surface area contributed by atoms with E-state index in [0.29, 0.717) is 18.1 Å². The van der Waals surface area contributed by atoms with E-state index in [1.165, 1.54) is 32.1 Å². The smallest absolute Gasteiger partial charge is 0.265 e. The van der Waals surface area contributed by atoms with Crippen molar-refractivity contribution in [2.24, 2.45) is 11.8 Å². The molecule has 3 N–H and O–H groups in total. The summed E-state index contributed by atoms with van der Waals surface area (Å²) >= 11 is 0. The first-order valence-electron chi connectivity index (χ1n) is 6.98. The number of rotatable bonds is 5. The van der Waals surface area contributed by atoms with Crippen LogP contribution in [0.1, 0.15) is 48.0 Å². The van der Waals surface area contributed by atoms with Gasteiger partial charge in [0.25, 0.3) is 5.91 Å². The van der Waals surface area contributed by atoms with Crippen molar-refractivity contribution < 1.29 is 9.53 Å². The van der Waals surface area contributed by atoms with E-state index in [9.17, 15) is 4.79 Å². The summed E-state index contributed by atoms with van der Waals surface area (Å²) in [5, 5.41) is 0. The van der Waals surface area contributed by atoms with E-state index in [-0.39, 0.29) is 5.91 Å². The van der Waals surface area contributed by atoms with Crippen LogP contribution in [0.15, 0.2) is 24.3 Å². The van der Waals surface area contributed by atoms with E-state index < -0.39 is 0 Å². The van der Waals surface area contributed by atoms with Gasteiger partial charge in [0.1, 0.15) is 0 Å². The molecule has 1 saturated carbocycles. The lowest BCUT2D eigenvalue weighted by atomic mass is 9.90. The fourth-order valence-corrected chi connectivity index (χ4v) is 2.63. The van der Waals surface area contributed by atoms with E-state index >= 15 is 0 Å². The van der Waals surface area contributed by atoms with Gasteiger partial charge in [0.15, 0.2) is 0 Å². The van der Waals surface area contributed by atoms with Crippen LogP contribution in [0.25, 0.3) is 0 Å². The molecule has 1 aliphatic carbocycles. The van der Waals surface area contributed by atoms with Gasteiger partial charge in [-0.15, -0.1) is 0 Å². The number of hydrogen-bond acceptors (Lipinski definition) is 3. The molecule has 0 bridgehead atoms. The lowest BCUT2D eigenvalue weighted by molar-refractivity contribution is 0.0726. The van der Waals surface area contributed by atoms with Crippen molar-refractivity contribution in [2.75, 3.05) is 6.61 Å². The summed E-state index contributed by atoms with van der Waals surface area (Å²) in [7, 11) is 0. The molecule has 0 spiro atoms. The Kier molecular flexibility index (Phi) is 5.36. The van der Waals surface area contributed by atoms with Crippen LogP contribution in [-0.4, -0.2) is 12.5 Å². The average molecular weight is 262 g/mol. The van der Waals surface area contributed by atoms with E-state index in [0.717, 1.165) is 12.2 Å². The maximum atomic E-state index is 11.6. The molecule has 0 aromatic heterocycles. The van der Waals surface area contributed by atoms with Crippen LogP contribution in [0, 0.1) is 5.92 Å². The van der Waals surface area contributed by atoms with E-state index in [4.69, 9.17) is 10.6 Å². The fraction of sp³-hybridized carbons (Fsp3) is 0.533. The predicted molar refractivity (Wildman–Crippen MR) is 74.3 cm³/mol. The summed E-state index contributed by atoms with van der Waals surface area (Å²) < 4.78 is 5.77. The molecule has 1 aromatic carbocycles. The van der Waals surface area contributed by atoms with E-state index in [2.05, 4.69) is 5.43 Å². The number of amides is 1. The van der Waals surface area contributed by atoms with Crippen LogP contribution in [0.5, 0.6) is 0 Å². The molecule has 1 aromatic rings. The zero-order chi connectivity index (χ0) is 13.5. The number of carbonyl (C=O) groups is 1. The van der Waals surface area contributed by atoms with Crippen molar-refractivity contribution >= 4 is 5.91 Å². The predicted octanol–water partition coefficient (Wildman–Crippen LogP) is 2.39. The summed E-state index contributed by atoms with van der Waals surface area (Å²) in [5.74, 6) is 5.60. The molecule has 2 rings (SSSR count). The summed E-state index contributed by atoms with van der Waals surface area (Å²) in [6.07, 6.45) is 6.53. The van der Waals surface area contributed by atoms with Gasteiger partial charge in [-0.25, -0.2) is 5.84 Å². The molecule has 19 heavy (non-hydrogen) atoms. The summed E-state index contributed by atoms with van der Waals surface area (Å²) in [4.78, 5) is 11.6. The molecule has 0 heterocycles. The minimum absolute atomic E-state index is 0.267. The second-order valence-corrected chi connectivity index (χ2v) is 5.15. The Bertz CT molecular complexity index is 414. The Morgan fingerprint density at radius 3 is 2.74 bits per heavy atom. The van der Waals surface area contributed by atoms with Crippen LogP contribution in [0.4, 0.5) is 0 Å². The number of nitrogens with two attached hydrogens (primary N) is 1. The minimum atomic E-state index is -0.267. The summed E-state index contributed by atoms with van der Waals surface area (Å²) in [6.45, 7) is 1.26. The largest absolute Gasteiger partial charge is 0.376 e. The molecule has 0 saturated heterocycles. The van der Waals surface area contributed by atoms with Crippen molar-refractivity contribution in [3.63, 3.8) is 0 Å². The SMILES string of the molecule is NNC(=O)c1ccccc1COCC1CCCCC1. The third-order valence-corrected chi connectivity index (χ3v) is 3.73. The quantitative estimate of drug-likeness (QED) is 0.486. The van der Waals surface area contributed by atoms with Gasteiger partial charge in [0, 0.05) is 12.2 Å². The van der Waals surface area contributed by atoms with Gasteiger partial charge in [0.2, 0.25) is 0 Å². The number of carbonyl (C=O) groups excluding carboxylic acids is 1. The zero-order valence-electron chi connectivity index (χ0n) is 11.2. The highest BCUT2D eigenvalue weighted by Gasteiger charge is 2.14. The molecule has 1 fully saturated rings. The number of hydrogen-bond donors (Lipinski definition) is 2. The highest BCUT2D eigenvalue weighted by molar-refractivity contribution is 5.95. The van der Waals surface area contributed by atoms with Crippen molar-refractivity contribution in [1.82, 2.24) is 5.43 Å². The van der Waals surface area contributed by atoms with Crippen LogP contribution in [0.2, 0.25) is 0 Å². The van der Waals surface area contributed by atoms with Crippen LogP contribution in [-0.2, 0) is 11.3 Å². The normalized spacial score (nSPS) is 16.3. The van der Waals surface area contributed by atoms with Crippen LogP contribution >= 0.6 is 0 Å². The van der Waals surface area contributed by atoms with Gasteiger partial charge in [-0.2, -0.15) is 0 Å². The Balaban J connectivity index is 1.86. The molecule has 0 atom stereocenters. The number of nitrogen functional groups attached to an aromatic ring is 1.